The molecule has 0 saturated carbocycles. The SMILES string of the molecule is CCN1C(=O)Cn2c1nc1nc(Br)n(Cc3cc(F)ccc3F)c1c2=O. The number of likely N-dealkylation sites (N-methyl/N-ethyl adjacent to an activating group) is 1. The first kappa shape index (κ1) is 16.8. The molecule has 0 fully saturated rings. The quantitative estimate of drug-likeness (QED) is 0.604. The second-order valence-corrected chi connectivity index (χ2v) is 6.53. The van der Waals surface area contributed by atoms with Crippen LogP contribution in [-0.4, -0.2) is 31.6 Å². The van der Waals surface area contributed by atoms with Crippen molar-refractivity contribution in [3.8, 4) is 0 Å². The van der Waals surface area contributed by atoms with E-state index in [1.807, 2.05) is 0 Å². The first-order chi connectivity index (χ1) is 12.4. The Labute approximate surface area is 154 Å². The van der Waals surface area contributed by atoms with Gasteiger partial charge in [-0.05, 0) is 41.1 Å². The zero-order valence-corrected chi connectivity index (χ0v) is 15.1. The zero-order chi connectivity index (χ0) is 18.6. The number of imidazole rings is 1. The van der Waals surface area contributed by atoms with Crippen LogP contribution in [0, 0.1) is 11.6 Å². The zero-order valence-electron chi connectivity index (χ0n) is 13.5. The fraction of sp³-hybridized carbons (Fsp3) is 0.250. The van der Waals surface area contributed by atoms with Crippen molar-refractivity contribution in [3.63, 3.8) is 0 Å². The number of benzene rings is 1. The Hall–Kier alpha value is -2.62. The maximum absolute atomic E-state index is 14.0. The molecule has 0 saturated heterocycles. The van der Waals surface area contributed by atoms with E-state index in [1.165, 1.54) is 14.0 Å². The second kappa shape index (κ2) is 5.97. The number of halogens is 3. The lowest BCUT2D eigenvalue weighted by atomic mass is 10.2. The minimum absolute atomic E-state index is 0.0705. The molecule has 10 heteroatoms. The number of nitrogens with zero attached hydrogens (tertiary/aromatic N) is 5. The highest BCUT2D eigenvalue weighted by molar-refractivity contribution is 9.10. The summed E-state index contributed by atoms with van der Waals surface area (Å²) in [7, 11) is 0. The number of hydrogen-bond donors (Lipinski definition) is 0. The summed E-state index contributed by atoms with van der Waals surface area (Å²) in [5.41, 5.74) is -0.126. The average Bonchev–Trinajstić information content (AvgIpc) is 3.08. The Bertz CT molecular complexity index is 1120. The number of hydrogen-bond acceptors (Lipinski definition) is 4. The van der Waals surface area contributed by atoms with Gasteiger partial charge in [0.2, 0.25) is 11.9 Å². The van der Waals surface area contributed by atoms with E-state index in [1.54, 1.807) is 6.92 Å². The summed E-state index contributed by atoms with van der Waals surface area (Å²) in [6.07, 6.45) is 0. The fourth-order valence-electron chi connectivity index (χ4n) is 3.05. The predicted octanol–water partition coefficient (Wildman–Crippen LogP) is 2.05. The molecule has 1 aromatic carbocycles. The van der Waals surface area contributed by atoms with Crippen LogP contribution in [0.15, 0.2) is 27.7 Å². The molecule has 0 spiro atoms. The maximum atomic E-state index is 14.0. The topological polar surface area (TPSA) is 73.0 Å². The minimum atomic E-state index is -0.596. The summed E-state index contributed by atoms with van der Waals surface area (Å²) in [5.74, 6) is -1.17. The van der Waals surface area contributed by atoms with Crippen LogP contribution in [0.2, 0.25) is 0 Å². The molecular formula is C16H12BrF2N5O2. The summed E-state index contributed by atoms with van der Waals surface area (Å²) in [6.45, 7) is 1.95. The smallest absolute Gasteiger partial charge is 0.281 e. The van der Waals surface area contributed by atoms with Gasteiger partial charge < -0.3 is 4.57 Å². The highest BCUT2D eigenvalue weighted by Crippen LogP contribution is 2.24. The van der Waals surface area contributed by atoms with Gasteiger partial charge in [0.05, 0.1) is 6.54 Å². The molecule has 0 aliphatic carbocycles. The summed E-state index contributed by atoms with van der Waals surface area (Å²) in [5, 5.41) is 0. The molecular weight excluding hydrogens is 412 g/mol. The van der Waals surface area contributed by atoms with E-state index in [4.69, 9.17) is 0 Å². The van der Waals surface area contributed by atoms with Crippen molar-refractivity contribution < 1.29 is 13.6 Å². The van der Waals surface area contributed by atoms with Gasteiger partial charge >= 0.3 is 0 Å². The molecule has 0 unspecified atom stereocenters. The largest absolute Gasteiger partial charge is 0.308 e. The molecule has 0 N–H and O–H groups in total. The lowest BCUT2D eigenvalue weighted by molar-refractivity contribution is -0.118. The third-order valence-electron chi connectivity index (χ3n) is 4.29. The monoisotopic (exact) mass is 423 g/mol. The molecule has 3 heterocycles. The molecule has 0 atom stereocenters. The Balaban J connectivity index is 1.91. The lowest BCUT2D eigenvalue weighted by Gasteiger charge is -2.12. The molecule has 7 nitrogen and oxygen atoms in total. The molecule has 4 rings (SSSR count). The Kier molecular flexibility index (Phi) is 3.87. The molecule has 134 valence electrons. The van der Waals surface area contributed by atoms with E-state index in [0.29, 0.717) is 6.54 Å². The van der Waals surface area contributed by atoms with Crippen molar-refractivity contribution >= 4 is 38.9 Å². The number of carbonyl (C=O) groups is 1. The van der Waals surface area contributed by atoms with Gasteiger partial charge in [0.15, 0.2) is 15.9 Å². The molecule has 26 heavy (non-hydrogen) atoms. The van der Waals surface area contributed by atoms with Gasteiger partial charge in [0, 0.05) is 12.1 Å². The molecule has 3 aromatic rings. The third-order valence-corrected chi connectivity index (χ3v) is 4.89. The van der Waals surface area contributed by atoms with E-state index in [9.17, 15) is 18.4 Å². The summed E-state index contributed by atoms with van der Waals surface area (Å²) < 4.78 is 30.4. The molecule has 1 aliphatic heterocycles. The molecule has 0 radical (unpaired) electrons. The van der Waals surface area contributed by atoms with Crippen LogP contribution in [0.1, 0.15) is 12.5 Å². The highest BCUT2D eigenvalue weighted by atomic mass is 79.9. The fourth-order valence-corrected chi connectivity index (χ4v) is 3.52. The van der Waals surface area contributed by atoms with E-state index in [-0.39, 0.29) is 46.4 Å². The normalized spacial score (nSPS) is 13.7. The van der Waals surface area contributed by atoms with Gasteiger partial charge in [-0.15, -0.1) is 0 Å². The molecule has 0 bridgehead atoms. The number of fused-ring (bicyclic) bond motifs is 2. The number of amides is 1. The summed E-state index contributed by atoms with van der Waals surface area (Å²) >= 11 is 3.24. The van der Waals surface area contributed by atoms with Gasteiger partial charge in [-0.3, -0.25) is 19.1 Å². The number of rotatable bonds is 3. The maximum Gasteiger partial charge on any atom is 0.281 e. The van der Waals surface area contributed by atoms with Crippen LogP contribution in [-0.2, 0) is 17.9 Å². The summed E-state index contributed by atoms with van der Waals surface area (Å²) in [6, 6.07) is 3.11. The minimum Gasteiger partial charge on any atom is -0.308 e. The van der Waals surface area contributed by atoms with Crippen LogP contribution in [0.3, 0.4) is 0 Å². The predicted molar refractivity (Wildman–Crippen MR) is 93.0 cm³/mol. The molecule has 2 aromatic heterocycles. The Morgan fingerprint density at radius 2 is 2.00 bits per heavy atom. The van der Waals surface area contributed by atoms with Crippen molar-refractivity contribution in [2.45, 2.75) is 20.0 Å². The van der Waals surface area contributed by atoms with Crippen LogP contribution in [0.5, 0.6) is 0 Å². The van der Waals surface area contributed by atoms with Gasteiger partial charge in [-0.1, -0.05) is 0 Å². The van der Waals surface area contributed by atoms with Crippen LogP contribution in [0.25, 0.3) is 11.2 Å². The van der Waals surface area contributed by atoms with E-state index < -0.39 is 17.2 Å². The van der Waals surface area contributed by atoms with Crippen molar-refractivity contribution in [1.82, 2.24) is 19.1 Å². The number of anilines is 1. The second-order valence-electron chi connectivity index (χ2n) is 5.82. The van der Waals surface area contributed by atoms with Crippen LogP contribution in [0.4, 0.5) is 14.7 Å². The first-order valence-corrected chi connectivity index (χ1v) is 8.61. The highest BCUT2D eigenvalue weighted by Gasteiger charge is 2.31. The van der Waals surface area contributed by atoms with Crippen LogP contribution >= 0.6 is 15.9 Å². The molecule has 1 aliphatic rings. The van der Waals surface area contributed by atoms with E-state index >= 15 is 0 Å². The Morgan fingerprint density at radius 3 is 2.73 bits per heavy atom. The van der Waals surface area contributed by atoms with E-state index in [0.717, 1.165) is 18.2 Å². The standard InChI is InChI=1S/C16H12BrF2N5O2/c1-2-22-11(25)7-24-14(26)12-13(21-16(22)24)20-15(17)23(12)6-8-5-9(18)3-4-10(8)19/h3-5H,2,6-7H2,1H3. The van der Waals surface area contributed by atoms with Crippen molar-refractivity contribution in [2.24, 2.45) is 0 Å². The van der Waals surface area contributed by atoms with Crippen molar-refractivity contribution in [1.29, 1.82) is 0 Å². The third kappa shape index (κ3) is 2.44. The first-order valence-electron chi connectivity index (χ1n) is 7.81. The van der Waals surface area contributed by atoms with Gasteiger partial charge in [0.25, 0.3) is 5.56 Å². The van der Waals surface area contributed by atoms with Crippen molar-refractivity contribution in [3.05, 3.63) is 50.5 Å². The van der Waals surface area contributed by atoms with Gasteiger partial charge in [-0.25, -0.2) is 13.8 Å². The number of carbonyl (C=O) groups excluding carboxylic acids is 1. The lowest BCUT2D eigenvalue weighted by Crippen LogP contribution is -2.26. The molecule has 1 amide bonds. The summed E-state index contributed by atoms with van der Waals surface area (Å²) in [4.78, 5) is 34.9. The van der Waals surface area contributed by atoms with E-state index in [2.05, 4.69) is 25.9 Å². The van der Waals surface area contributed by atoms with Crippen LogP contribution < -0.4 is 10.5 Å². The average molecular weight is 424 g/mol. The number of aromatic nitrogens is 4. The Morgan fingerprint density at radius 1 is 1.23 bits per heavy atom. The van der Waals surface area contributed by atoms with Crippen molar-refractivity contribution in [2.75, 3.05) is 11.4 Å². The van der Waals surface area contributed by atoms with Gasteiger partial charge in [0.1, 0.15) is 18.2 Å². The van der Waals surface area contributed by atoms with Gasteiger partial charge in [-0.2, -0.15) is 4.98 Å².